The van der Waals surface area contributed by atoms with Crippen molar-refractivity contribution in [3.63, 3.8) is 0 Å². The Balaban J connectivity index is 3.05. The van der Waals surface area contributed by atoms with Crippen LogP contribution < -0.4 is 0 Å². The lowest BCUT2D eigenvalue weighted by Crippen LogP contribution is -1.78. The van der Waals surface area contributed by atoms with Gasteiger partial charge in [-0.1, -0.05) is 76.7 Å². The third kappa shape index (κ3) is 15.5. The molecule has 0 unspecified atom stereocenters. The second-order valence-electron chi connectivity index (χ2n) is 5.22. The van der Waals surface area contributed by atoms with E-state index in [1.807, 2.05) is 0 Å². The van der Waals surface area contributed by atoms with Gasteiger partial charge in [0.15, 0.2) is 0 Å². The Morgan fingerprint density at radius 1 is 0.444 bits per heavy atom. The quantitative estimate of drug-likeness (QED) is 0.248. The molecule has 0 aromatic rings. The molecular weight excluding hydrogens is 216 g/mol. The maximum absolute atomic E-state index is 2.38. The molecule has 0 saturated heterocycles. The molecule has 0 aromatic carbocycles. The summed E-state index contributed by atoms with van der Waals surface area (Å²) in [6, 6.07) is 0. The van der Waals surface area contributed by atoms with Crippen LogP contribution in [-0.2, 0) is 0 Å². The van der Waals surface area contributed by atoms with E-state index in [9.17, 15) is 0 Å². The van der Waals surface area contributed by atoms with Crippen LogP contribution in [0.25, 0.3) is 0 Å². The number of unbranched alkanes of at least 4 members (excludes halogenated alkanes) is 9. The first-order valence-corrected chi connectivity index (χ1v) is 8.21. The van der Waals surface area contributed by atoms with Gasteiger partial charge in [-0.3, -0.25) is 0 Å². The summed E-state index contributed by atoms with van der Waals surface area (Å²) in [5.74, 6) is 0. The fourth-order valence-corrected chi connectivity index (χ4v) is 2.01. The topological polar surface area (TPSA) is 0 Å². The molecule has 0 heteroatoms. The van der Waals surface area contributed by atoms with Crippen LogP contribution in [-0.4, -0.2) is 0 Å². The van der Waals surface area contributed by atoms with E-state index in [0.717, 1.165) is 0 Å². The molecule has 0 fully saturated rings. The lowest BCUT2D eigenvalue weighted by Gasteiger charge is -1.98. The maximum Gasteiger partial charge on any atom is -0.0351 e. The van der Waals surface area contributed by atoms with Crippen LogP contribution in [0.5, 0.6) is 0 Å². The van der Waals surface area contributed by atoms with Gasteiger partial charge >= 0.3 is 0 Å². The van der Waals surface area contributed by atoms with Crippen molar-refractivity contribution < 1.29 is 0 Å². The molecule has 0 heterocycles. The summed E-state index contributed by atoms with van der Waals surface area (Å²) in [5, 5.41) is 0. The zero-order valence-corrected chi connectivity index (χ0v) is 12.8. The zero-order chi connectivity index (χ0) is 13.3. The van der Waals surface area contributed by atoms with Gasteiger partial charge in [-0.25, -0.2) is 0 Å². The van der Waals surface area contributed by atoms with E-state index in [2.05, 4.69) is 38.2 Å². The molecule has 0 aliphatic rings. The van der Waals surface area contributed by atoms with Gasteiger partial charge in [-0.15, -0.1) is 0 Å². The van der Waals surface area contributed by atoms with Crippen molar-refractivity contribution in [3.8, 4) is 0 Å². The van der Waals surface area contributed by atoms with E-state index in [-0.39, 0.29) is 0 Å². The first-order valence-electron chi connectivity index (χ1n) is 8.21. The Labute approximate surface area is 116 Å². The second kappa shape index (κ2) is 16.5. The van der Waals surface area contributed by atoms with E-state index in [4.69, 9.17) is 0 Å². The Morgan fingerprint density at radius 2 is 0.889 bits per heavy atom. The van der Waals surface area contributed by atoms with Gasteiger partial charge in [-0.05, 0) is 38.5 Å². The minimum atomic E-state index is 1.25. The first-order chi connectivity index (χ1) is 8.91. The number of hydrogen-bond acceptors (Lipinski definition) is 0. The molecule has 0 spiro atoms. The van der Waals surface area contributed by atoms with Gasteiger partial charge in [0.25, 0.3) is 0 Å². The first kappa shape index (κ1) is 17.5. The fraction of sp³-hybridized carbons (Fsp3) is 0.778. The van der Waals surface area contributed by atoms with Gasteiger partial charge in [-0.2, -0.15) is 0 Å². The van der Waals surface area contributed by atoms with E-state index >= 15 is 0 Å². The van der Waals surface area contributed by atoms with Crippen molar-refractivity contribution in [2.45, 2.75) is 90.9 Å². The molecule has 106 valence electrons. The van der Waals surface area contributed by atoms with Crippen LogP contribution in [0.4, 0.5) is 0 Å². The molecule has 0 saturated carbocycles. The van der Waals surface area contributed by atoms with Crippen molar-refractivity contribution in [1.82, 2.24) is 0 Å². The Kier molecular flexibility index (Phi) is 16.0. The maximum atomic E-state index is 2.38. The Morgan fingerprint density at radius 3 is 1.39 bits per heavy atom. The molecule has 0 aliphatic heterocycles. The van der Waals surface area contributed by atoms with E-state index in [1.165, 1.54) is 77.0 Å². The second-order valence-corrected chi connectivity index (χ2v) is 5.22. The predicted molar refractivity (Wildman–Crippen MR) is 85.0 cm³/mol. The summed E-state index contributed by atoms with van der Waals surface area (Å²) in [6.45, 7) is 4.49. The standard InChI is InChI=1S/C18H34/c1-3-5-7-9-11-13-15-17-18-16-14-12-10-8-6-4-2/h7,9-10,12H,3-6,8,11,13-18H2,1-2H3. The van der Waals surface area contributed by atoms with Crippen molar-refractivity contribution in [2.75, 3.05) is 0 Å². The summed E-state index contributed by atoms with van der Waals surface area (Å²) in [4.78, 5) is 0. The molecule has 0 aromatic heterocycles. The summed E-state index contributed by atoms with van der Waals surface area (Å²) in [7, 11) is 0. The average molecular weight is 250 g/mol. The zero-order valence-electron chi connectivity index (χ0n) is 12.8. The predicted octanol–water partition coefficient (Wildman–Crippen LogP) is 6.82. The largest absolute Gasteiger partial charge is 0.0885 e. The Hall–Kier alpha value is -0.520. The van der Waals surface area contributed by atoms with Crippen LogP contribution in [0.3, 0.4) is 0 Å². The molecule has 0 rings (SSSR count). The third-order valence-corrected chi connectivity index (χ3v) is 3.25. The molecule has 0 bridgehead atoms. The highest BCUT2D eigenvalue weighted by atomic mass is 13.9. The number of allylic oxidation sites excluding steroid dienone is 4. The van der Waals surface area contributed by atoms with Crippen molar-refractivity contribution in [2.24, 2.45) is 0 Å². The molecule has 0 amide bonds. The Bertz CT molecular complexity index is 188. The van der Waals surface area contributed by atoms with Crippen LogP contribution in [0.15, 0.2) is 24.3 Å². The SMILES string of the molecule is CCCC=CCCCCCCCC=CCCCC. The molecule has 18 heavy (non-hydrogen) atoms. The molecule has 0 nitrogen and oxygen atoms in total. The molecule has 0 atom stereocenters. The molecule has 0 N–H and O–H groups in total. The normalized spacial score (nSPS) is 11.9. The minimum absolute atomic E-state index is 1.25. The smallest absolute Gasteiger partial charge is 0.0351 e. The summed E-state index contributed by atoms with van der Waals surface area (Å²) >= 11 is 0. The minimum Gasteiger partial charge on any atom is -0.0885 e. The number of rotatable bonds is 13. The van der Waals surface area contributed by atoms with Crippen LogP contribution in [0, 0.1) is 0 Å². The van der Waals surface area contributed by atoms with Gasteiger partial charge < -0.3 is 0 Å². The summed E-state index contributed by atoms with van der Waals surface area (Å²) in [6.07, 6.45) is 25.5. The van der Waals surface area contributed by atoms with Gasteiger partial charge in [0, 0.05) is 0 Å². The van der Waals surface area contributed by atoms with E-state index in [1.54, 1.807) is 0 Å². The summed E-state index contributed by atoms with van der Waals surface area (Å²) in [5.41, 5.74) is 0. The van der Waals surface area contributed by atoms with Gasteiger partial charge in [0.05, 0.1) is 0 Å². The van der Waals surface area contributed by atoms with Crippen LogP contribution in [0.1, 0.15) is 90.9 Å². The molecule has 0 radical (unpaired) electrons. The lowest BCUT2D eigenvalue weighted by molar-refractivity contribution is 0.621. The van der Waals surface area contributed by atoms with Gasteiger partial charge in [0.1, 0.15) is 0 Å². The molecule has 0 aliphatic carbocycles. The number of hydrogen-bond donors (Lipinski definition) is 0. The van der Waals surface area contributed by atoms with Gasteiger partial charge in [0.2, 0.25) is 0 Å². The highest BCUT2D eigenvalue weighted by Crippen LogP contribution is 2.08. The third-order valence-electron chi connectivity index (χ3n) is 3.25. The highest BCUT2D eigenvalue weighted by molar-refractivity contribution is 4.81. The highest BCUT2D eigenvalue weighted by Gasteiger charge is 1.89. The molecular formula is C18H34. The van der Waals surface area contributed by atoms with Crippen LogP contribution in [0.2, 0.25) is 0 Å². The average Bonchev–Trinajstić information content (AvgIpc) is 2.39. The lowest BCUT2D eigenvalue weighted by atomic mass is 10.1. The van der Waals surface area contributed by atoms with E-state index in [0.29, 0.717) is 0 Å². The monoisotopic (exact) mass is 250 g/mol. The van der Waals surface area contributed by atoms with Crippen molar-refractivity contribution in [3.05, 3.63) is 24.3 Å². The van der Waals surface area contributed by atoms with Crippen LogP contribution >= 0.6 is 0 Å². The summed E-state index contributed by atoms with van der Waals surface area (Å²) < 4.78 is 0. The van der Waals surface area contributed by atoms with Crippen molar-refractivity contribution >= 4 is 0 Å². The van der Waals surface area contributed by atoms with E-state index < -0.39 is 0 Å². The fourth-order valence-electron chi connectivity index (χ4n) is 2.01. The van der Waals surface area contributed by atoms with Crippen molar-refractivity contribution in [1.29, 1.82) is 0 Å².